The third-order valence-electron chi connectivity index (χ3n) is 4.33. The van der Waals surface area contributed by atoms with Crippen LogP contribution < -0.4 is 5.43 Å². The van der Waals surface area contributed by atoms with Crippen molar-refractivity contribution in [1.29, 1.82) is 0 Å². The zero-order valence-electron chi connectivity index (χ0n) is 15.9. The molecule has 0 saturated carbocycles. The van der Waals surface area contributed by atoms with Gasteiger partial charge in [-0.1, -0.05) is 67.9 Å². The zero-order chi connectivity index (χ0) is 18.9. The monoisotopic (exact) mass is 378 g/mol. The summed E-state index contributed by atoms with van der Waals surface area (Å²) in [6.45, 7) is 4.27. The molecule has 0 aliphatic rings. The summed E-state index contributed by atoms with van der Waals surface area (Å²) in [5.74, 6) is 0. The van der Waals surface area contributed by atoms with Crippen LogP contribution in [-0.4, -0.2) is 29.7 Å². The van der Waals surface area contributed by atoms with Crippen LogP contribution in [0.15, 0.2) is 65.1 Å². The molecule has 2 aromatic carbocycles. The molecule has 140 valence electrons. The van der Waals surface area contributed by atoms with Gasteiger partial charge in [0.2, 0.25) is 5.13 Å². The van der Waals surface area contributed by atoms with E-state index in [2.05, 4.69) is 64.7 Å². The molecule has 0 aliphatic heterocycles. The molecular formula is C22H26N4S. The van der Waals surface area contributed by atoms with Crippen molar-refractivity contribution in [1.82, 2.24) is 9.88 Å². The number of hydrogen-bond donors (Lipinski definition) is 1. The number of aromatic nitrogens is 1. The number of nitrogens with zero attached hydrogens (tertiary/aromatic N) is 3. The summed E-state index contributed by atoms with van der Waals surface area (Å²) in [7, 11) is 2.17. The Morgan fingerprint density at radius 1 is 1.11 bits per heavy atom. The largest absolute Gasteiger partial charge is 0.302 e. The third-order valence-corrected chi connectivity index (χ3v) is 5.07. The van der Waals surface area contributed by atoms with Crippen LogP contribution in [0, 0.1) is 0 Å². The summed E-state index contributed by atoms with van der Waals surface area (Å²) in [5, 5.41) is 7.24. The lowest BCUT2D eigenvalue weighted by Gasteiger charge is -2.17. The summed E-state index contributed by atoms with van der Waals surface area (Å²) in [4.78, 5) is 6.96. The first-order chi connectivity index (χ1) is 13.3. The fourth-order valence-electron chi connectivity index (χ4n) is 2.83. The van der Waals surface area contributed by atoms with Crippen molar-refractivity contribution in [3.63, 3.8) is 0 Å². The van der Waals surface area contributed by atoms with Crippen molar-refractivity contribution >= 4 is 22.7 Å². The van der Waals surface area contributed by atoms with Gasteiger partial charge in [0, 0.05) is 17.5 Å². The molecule has 1 heterocycles. The van der Waals surface area contributed by atoms with E-state index >= 15 is 0 Å². The highest BCUT2D eigenvalue weighted by Crippen LogP contribution is 2.24. The maximum Gasteiger partial charge on any atom is 0.203 e. The van der Waals surface area contributed by atoms with E-state index in [1.165, 1.54) is 18.4 Å². The smallest absolute Gasteiger partial charge is 0.203 e. The Hall–Kier alpha value is -2.50. The van der Waals surface area contributed by atoms with Crippen LogP contribution in [0.3, 0.4) is 0 Å². The number of rotatable bonds is 9. The average molecular weight is 379 g/mol. The van der Waals surface area contributed by atoms with E-state index in [1.54, 1.807) is 11.3 Å². The summed E-state index contributed by atoms with van der Waals surface area (Å²) in [6, 6.07) is 18.6. The van der Waals surface area contributed by atoms with Crippen LogP contribution in [-0.2, 0) is 6.54 Å². The van der Waals surface area contributed by atoms with Gasteiger partial charge in [-0.05, 0) is 31.1 Å². The molecule has 0 spiro atoms. The van der Waals surface area contributed by atoms with Crippen LogP contribution in [0.2, 0.25) is 0 Å². The highest BCUT2D eigenvalue weighted by molar-refractivity contribution is 7.14. The first kappa shape index (κ1) is 19.3. The second-order valence-electron chi connectivity index (χ2n) is 6.56. The third kappa shape index (κ3) is 5.74. The SMILES string of the molecule is CCCCN(C)Cc1ccccc1C=NNc1nc(-c2ccccc2)cs1. The molecule has 3 aromatic rings. The molecule has 5 heteroatoms. The fraction of sp³-hybridized carbons (Fsp3) is 0.273. The quantitative estimate of drug-likeness (QED) is 0.395. The van der Waals surface area contributed by atoms with Crippen molar-refractivity contribution in [2.75, 3.05) is 19.0 Å². The van der Waals surface area contributed by atoms with Crippen LogP contribution in [0.5, 0.6) is 0 Å². The van der Waals surface area contributed by atoms with Crippen molar-refractivity contribution in [3.05, 3.63) is 71.1 Å². The number of thiazole rings is 1. The van der Waals surface area contributed by atoms with E-state index in [0.29, 0.717) is 0 Å². The Bertz CT molecular complexity index is 858. The van der Waals surface area contributed by atoms with Gasteiger partial charge in [0.1, 0.15) is 0 Å². The normalized spacial score (nSPS) is 11.4. The van der Waals surface area contributed by atoms with Crippen molar-refractivity contribution in [2.24, 2.45) is 5.10 Å². The number of unbranched alkanes of at least 4 members (excludes halogenated alkanes) is 1. The fourth-order valence-corrected chi connectivity index (χ4v) is 3.49. The Kier molecular flexibility index (Phi) is 7.13. The van der Waals surface area contributed by atoms with E-state index in [-0.39, 0.29) is 0 Å². The number of anilines is 1. The molecule has 0 radical (unpaired) electrons. The highest BCUT2D eigenvalue weighted by atomic mass is 32.1. The molecule has 0 aliphatic carbocycles. The predicted molar refractivity (Wildman–Crippen MR) is 116 cm³/mol. The number of hydrazone groups is 1. The van der Waals surface area contributed by atoms with Gasteiger partial charge in [-0.15, -0.1) is 11.3 Å². The predicted octanol–water partition coefficient (Wildman–Crippen LogP) is 5.49. The number of hydrogen-bond acceptors (Lipinski definition) is 5. The van der Waals surface area contributed by atoms with Crippen LogP contribution in [0.4, 0.5) is 5.13 Å². The molecule has 1 aromatic heterocycles. The van der Waals surface area contributed by atoms with E-state index in [1.807, 2.05) is 35.9 Å². The molecule has 0 unspecified atom stereocenters. The molecule has 0 saturated heterocycles. The molecule has 1 N–H and O–H groups in total. The lowest BCUT2D eigenvalue weighted by Crippen LogP contribution is -2.19. The summed E-state index contributed by atoms with van der Waals surface area (Å²) >= 11 is 1.56. The minimum Gasteiger partial charge on any atom is -0.302 e. The molecule has 0 fully saturated rings. The van der Waals surface area contributed by atoms with Crippen LogP contribution >= 0.6 is 11.3 Å². The first-order valence-electron chi connectivity index (χ1n) is 9.32. The highest BCUT2D eigenvalue weighted by Gasteiger charge is 2.05. The Morgan fingerprint density at radius 3 is 2.70 bits per heavy atom. The standard InChI is InChI=1S/C22H26N4S/c1-3-4-14-26(2)16-20-13-9-8-12-19(20)15-23-25-22-24-21(17-27-22)18-10-6-5-7-11-18/h5-13,15,17H,3-4,14,16H2,1-2H3,(H,24,25). The van der Waals surface area contributed by atoms with E-state index < -0.39 is 0 Å². The summed E-state index contributed by atoms with van der Waals surface area (Å²) < 4.78 is 0. The van der Waals surface area contributed by atoms with Crippen LogP contribution in [0.25, 0.3) is 11.3 Å². The topological polar surface area (TPSA) is 40.5 Å². The minimum absolute atomic E-state index is 0.794. The average Bonchev–Trinajstić information content (AvgIpc) is 3.17. The Balaban J connectivity index is 1.63. The lowest BCUT2D eigenvalue weighted by molar-refractivity contribution is 0.320. The molecule has 0 atom stereocenters. The van der Waals surface area contributed by atoms with Crippen molar-refractivity contribution in [2.45, 2.75) is 26.3 Å². The molecular weight excluding hydrogens is 352 g/mol. The van der Waals surface area contributed by atoms with Gasteiger partial charge < -0.3 is 4.90 Å². The van der Waals surface area contributed by atoms with Gasteiger partial charge in [0.15, 0.2) is 0 Å². The first-order valence-corrected chi connectivity index (χ1v) is 10.2. The van der Waals surface area contributed by atoms with Gasteiger partial charge >= 0.3 is 0 Å². The maximum atomic E-state index is 4.60. The molecule has 0 bridgehead atoms. The molecule has 27 heavy (non-hydrogen) atoms. The minimum atomic E-state index is 0.794. The van der Waals surface area contributed by atoms with E-state index in [4.69, 9.17) is 0 Å². The van der Waals surface area contributed by atoms with E-state index in [9.17, 15) is 0 Å². The van der Waals surface area contributed by atoms with Gasteiger partial charge in [0.05, 0.1) is 11.9 Å². The number of nitrogens with one attached hydrogen (secondary N) is 1. The van der Waals surface area contributed by atoms with Gasteiger partial charge in [-0.3, -0.25) is 5.43 Å². The second-order valence-corrected chi connectivity index (χ2v) is 7.42. The van der Waals surface area contributed by atoms with Crippen LogP contribution in [0.1, 0.15) is 30.9 Å². The summed E-state index contributed by atoms with van der Waals surface area (Å²) in [6.07, 6.45) is 4.32. The number of benzene rings is 2. The van der Waals surface area contributed by atoms with E-state index in [0.717, 1.165) is 35.0 Å². The molecule has 3 rings (SSSR count). The van der Waals surface area contributed by atoms with Gasteiger partial charge in [-0.25, -0.2) is 4.98 Å². The van der Waals surface area contributed by atoms with Crippen molar-refractivity contribution < 1.29 is 0 Å². The molecule has 4 nitrogen and oxygen atoms in total. The van der Waals surface area contributed by atoms with Gasteiger partial charge in [-0.2, -0.15) is 5.10 Å². The molecule has 0 amide bonds. The second kappa shape index (κ2) is 10.00. The maximum absolute atomic E-state index is 4.60. The van der Waals surface area contributed by atoms with Crippen molar-refractivity contribution in [3.8, 4) is 11.3 Å². The lowest BCUT2D eigenvalue weighted by atomic mass is 10.1. The van der Waals surface area contributed by atoms with Gasteiger partial charge in [0.25, 0.3) is 0 Å². The Labute approximate surface area is 165 Å². The summed E-state index contributed by atoms with van der Waals surface area (Å²) in [5.41, 5.74) is 7.56. The zero-order valence-corrected chi connectivity index (χ0v) is 16.7. The Morgan fingerprint density at radius 2 is 1.89 bits per heavy atom.